The first-order valence-corrected chi connectivity index (χ1v) is 8.07. The van der Waals surface area contributed by atoms with E-state index >= 15 is 0 Å². The first kappa shape index (κ1) is 12.9. The number of hydrogen-bond acceptors (Lipinski definition) is 3. The number of para-hydroxylation sites is 1. The van der Waals surface area contributed by atoms with E-state index in [1.54, 1.807) is 0 Å². The van der Waals surface area contributed by atoms with E-state index in [-0.39, 0.29) is 5.92 Å². The molecule has 19 heavy (non-hydrogen) atoms. The minimum Gasteiger partial charge on any atom is -0.384 e. The molecule has 2 unspecified atom stereocenters. The van der Waals surface area contributed by atoms with Crippen molar-refractivity contribution < 1.29 is 4.79 Å². The van der Waals surface area contributed by atoms with Gasteiger partial charge in [-0.2, -0.15) is 11.8 Å². The van der Waals surface area contributed by atoms with Crippen LogP contribution in [0.5, 0.6) is 0 Å². The van der Waals surface area contributed by atoms with Crippen LogP contribution in [0.1, 0.15) is 12.0 Å². The predicted octanol–water partition coefficient (Wildman–Crippen LogP) is 2.23. The first-order chi connectivity index (χ1) is 9.25. The average Bonchev–Trinajstić information content (AvgIpc) is 2.99. The third-order valence-electron chi connectivity index (χ3n) is 4.17. The highest BCUT2D eigenvalue weighted by Crippen LogP contribution is 2.27. The molecule has 3 nitrogen and oxygen atoms in total. The first-order valence-electron chi connectivity index (χ1n) is 6.92. The zero-order chi connectivity index (χ0) is 13.2. The van der Waals surface area contributed by atoms with E-state index in [0.29, 0.717) is 11.9 Å². The minimum absolute atomic E-state index is 0.0884. The van der Waals surface area contributed by atoms with Crippen LogP contribution in [0.4, 0.5) is 5.69 Å². The summed E-state index contributed by atoms with van der Waals surface area (Å²) in [5.41, 5.74) is 2.45. The molecule has 1 fully saturated rings. The number of benzene rings is 1. The van der Waals surface area contributed by atoms with Gasteiger partial charge in [-0.1, -0.05) is 18.2 Å². The van der Waals surface area contributed by atoms with Gasteiger partial charge in [0, 0.05) is 31.1 Å². The summed E-state index contributed by atoms with van der Waals surface area (Å²) >= 11 is 1.95. The SMILES string of the molecule is CN(C(=O)C1CNc2ccccc2C1)C1CCSC1. The highest BCUT2D eigenvalue weighted by molar-refractivity contribution is 7.99. The quantitative estimate of drug-likeness (QED) is 0.899. The lowest BCUT2D eigenvalue weighted by atomic mass is 9.92. The molecule has 4 heteroatoms. The van der Waals surface area contributed by atoms with Gasteiger partial charge < -0.3 is 10.2 Å². The Morgan fingerprint density at radius 2 is 2.26 bits per heavy atom. The Morgan fingerprint density at radius 1 is 1.42 bits per heavy atom. The van der Waals surface area contributed by atoms with Crippen molar-refractivity contribution in [2.75, 3.05) is 30.4 Å². The molecule has 2 atom stereocenters. The van der Waals surface area contributed by atoms with E-state index in [1.165, 1.54) is 17.0 Å². The Hall–Kier alpha value is -1.16. The van der Waals surface area contributed by atoms with Gasteiger partial charge in [-0.05, 0) is 30.2 Å². The van der Waals surface area contributed by atoms with E-state index < -0.39 is 0 Å². The summed E-state index contributed by atoms with van der Waals surface area (Å²) in [6.07, 6.45) is 2.01. The number of hydrogen-bond donors (Lipinski definition) is 1. The Bertz CT molecular complexity index is 471. The molecule has 1 amide bonds. The fraction of sp³-hybridized carbons (Fsp3) is 0.533. The Labute approximate surface area is 118 Å². The summed E-state index contributed by atoms with van der Waals surface area (Å²) in [5, 5.41) is 3.39. The van der Waals surface area contributed by atoms with Gasteiger partial charge in [0.2, 0.25) is 5.91 Å². The molecular formula is C15H20N2OS. The summed E-state index contributed by atoms with van der Waals surface area (Å²) in [6, 6.07) is 8.73. The molecule has 1 aromatic carbocycles. The number of nitrogens with zero attached hydrogens (tertiary/aromatic N) is 1. The number of carbonyl (C=O) groups excluding carboxylic acids is 1. The van der Waals surface area contributed by atoms with Crippen LogP contribution in [-0.2, 0) is 11.2 Å². The number of nitrogens with one attached hydrogen (secondary N) is 1. The van der Waals surface area contributed by atoms with Gasteiger partial charge in [-0.25, -0.2) is 0 Å². The molecule has 1 aromatic rings. The smallest absolute Gasteiger partial charge is 0.227 e. The highest BCUT2D eigenvalue weighted by atomic mass is 32.2. The molecule has 1 N–H and O–H groups in total. The number of anilines is 1. The third kappa shape index (κ3) is 2.59. The summed E-state index contributed by atoms with van der Waals surface area (Å²) in [5.74, 6) is 2.67. The standard InChI is InChI=1S/C15H20N2OS/c1-17(13-6-7-19-10-13)15(18)12-8-11-4-2-3-5-14(11)16-9-12/h2-5,12-13,16H,6-10H2,1H3. The second-order valence-corrected chi connectivity index (χ2v) is 6.56. The van der Waals surface area contributed by atoms with Crippen molar-refractivity contribution in [2.45, 2.75) is 18.9 Å². The summed E-state index contributed by atoms with van der Waals surface area (Å²) in [4.78, 5) is 14.6. The maximum absolute atomic E-state index is 12.6. The number of rotatable bonds is 2. The topological polar surface area (TPSA) is 32.3 Å². The lowest BCUT2D eigenvalue weighted by Gasteiger charge is -2.31. The zero-order valence-corrected chi connectivity index (χ0v) is 12.1. The normalized spacial score (nSPS) is 25.5. The van der Waals surface area contributed by atoms with Crippen LogP contribution >= 0.6 is 11.8 Å². The van der Waals surface area contributed by atoms with Gasteiger partial charge >= 0.3 is 0 Å². The molecule has 2 aliphatic heterocycles. The van der Waals surface area contributed by atoms with Gasteiger partial charge in [0.05, 0.1) is 5.92 Å². The maximum Gasteiger partial charge on any atom is 0.227 e. The number of carbonyl (C=O) groups is 1. The summed E-state index contributed by atoms with van der Waals surface area (Å²) < 4.78 is 0. The van der Waals surface area contributed by atoms with Crippen molar-refractivity contribution in [1.82, 2.24) is 4.90 Å². The lowest BCUT2D eigenvalue weighted by molar-refractivity contribution is -0.135. The predicted molar refractivity (Wildman–Crippen MR) is 80.6 cm³/mol. The Balaban J connectivity index is 1.68. The van der Waals surface area contributed by atoms with Gasteiger partial charge in [-0.3, -0.25) is 4.79 Å². The van der Waals surface area contributed by atoms with E-state index in [0.717, 1.165) is 25.1 Å². The van der Waals surface area contributed by atoms with Crippen LogP contribution in [0.15, 0.2) is 24.3 Å². The monoisotopic (exact) mass is 276 g/mol. The largest absolute Gasteiger partial charge is 0.384 e. The third-order valence-corrected chi connectivity index (χ3v) is 5.32. The van der Waals surface area contributed by atoms with Crippen LogP contribution in [0.25, 0.3) is 0 Å². The number of fused-ring (bicyclic) bond motifs is 1. The Morgan fingerprint density at radius 3 is 3.05 bits per heavy atom. The van der Waals surface area contributed by atoms with Gasteiger partial charge in [0.1, 0.15) is 0 Å². The van der Waals surface area contributed by atoms with Crippen LogP contribution < -0.4 is 5.32 Å². The molecule has 0 bridgehead atoms. The van der Waals surface area contributed by atoms with Crippen LogP contribution in [-0.4, -0.2) is 41.9 Å². The minimum atomic E-state index is 0.0884. The fourth-order valence-corrected chi connectivity index (χ4v) is 4.18. The van der Waals surface area contributed by atoms with Crippen molar-refractivity contribution in [3.63, 3.8) is 0 Å². The molecule has 0 spiro atoms. The molecule has 102 valence electrons. The molecule has 0 aromatic heterocycles. The van der Waals surface area contributed by atoms with Crippen molar-refractivity contribution in [1.29, 1.82) is 0 Å². The lowest BCUT2D eigenvalue weighted by Crippen LogP contribution is -2.44. The van der Waals surface area contributed by atoms with Gasteiger partial charge in [0.25, 0.3) is 0 Å². The van der Waals surface area contributed by atoms with Crippen molar-refractivity contribution in [3.8, 4) is 0 Å². The van der Waals surface area contributed by atoms with Crippen LogP contribution in [0, 0.1) is 5.92 Å². The second-order valence-electron chi connectivity index (χ2n) is 5.41. The fourth-order valence-electron chi connectivity index (χ4n) is 2.91. The van der Waals surface area contributed by atoms with E-state index in [2.05, 4.69) is 17.4 Å². The van der Waals surface area contributed by atoms with Gasteiger partial charge in [0.15, 0.2) is 0 Å². The van der Waals surface area contributed by atoms with E-state index in [9.17, 15) is 4.79 Å². The molecule has 0 radical (unpaired) electrons. The second kappa shape index (κ2) is 5.45. The summed E-state index contributed by atoms with van der Waals surface area (Å²) in [6.45, 7) is 0.764. The highest BCUT2D eigenvalue weighted by Gasteiger charge is 2.31. The average molecular weight is 276 g/mol. The zero-order valence-electron chi connectivity index (χ0n) is 11.3. The molecular weight excluding hydrogens is 256 g/mol. The van der Waals surface area contributed by atoms with E-state index in [1.807, 2.05) is 35.8 Å². The summed E-state index contributed by atoms with van der Waals surface area (Å²) in [7, 11) is 1.97. The molecule has 2 aliphatic rings. The molecule has 2 heterocycles. The van der Waals surface area contributed by atoms with E-state index in [4.69, 9.17) is 0 Å². The van der Waals surface area contributed by atoms with Gasteiger partial charge in [-0.15, -0.1) is 0 Å². The van der Waals surface area contributed by atoms with Crippen molar-refractivity contribution >= 4 is 23.4 Å². The number of amides is 1. The molecule has 0 saturated carbocycles. The van der Waals surface area contributed by atoms with Crippen molar-refractivity contribution in [3.05, 3.63) is 29.8 Å². The number of thioether (sulfide) groups is 1. The molecule has 1 saturated heterocycles. The maximum atomic E-state index is 12.6. The van der Waals surface area contributed by atoms with Crippen LogP contribution in [0.2, 0.25) is 0 Å². The molecule has 0 aliphatic carbocycles. The Kier molecular flexibility index (Phi) is 3.69. The van der Waals surface area contributed by atoms with Crippen LogP contribution in [0.3, 0.4) is 0 Å². The molecule has 3 rings (SSSR count). The van der Waals surface area contributed by atoms with Crippen molar-refractivity contribution in [2.24, 2.45) is 5.92 Å².